The van der Waals surface area contributed by atoms with Crippen LogP contribution in [0.1, 0.15) is 155 Å². The maximum atomic E-state index is 14.3. The van der Waals surface area contributed by atoms with Crippen molar-refractivity contribution < 1.29 is 92.2 Å². The lowest BCUT2D eigenvalue weighted by Gasteiger charge is -2.30. The first-order valence-corrected chi connectivity index (χ1v) is 34.2. The third-order valence-corrected chi connectivity index (χ3v) is 18.1. The van der Waals surface area contributed by atoms with E-state index in [1.807, 2.05) is 81.9 Å². The van der Waals surface area contributed by atoms with Crippen LogP contribution in [-0.2, 0) is 60.8 Å². The van der Waals surface area contributed by atoms with Gasteiger partial charge in [0.1, 0.15) is 24.6 Å². The number of hydrogen-bond acceptors (Lipinski definition) is 15. The summed E-state index contributed by atoms with van der Waals surface area (Å²) in [7, 11) is -0.146. The lowest BCUT2D eigenvalue weighted by Crippen LogP contribution is -2.40. The molecule has 0 bridgehead atoms. The number of carbonyl (C=O) groups is 6. The number of ether oxygens (including phenoxy) is 2. The second-order valence-corrected chi connectivity index (χ2v) is 28.3. The summed E-state index contributed by atoms with van der Waals surface area (Å²) in [6.45, 7) is 15.0. The summed E-state index contributed by atoms with van der Waals surface area (Å²) in [5, 5.41) is 12.4. The van der Waals surface area contributed by atoms with Gasteiger partial charge >= 0.3 is 23.9 Å². The zero-order chi connectivity index (χ0) is 67.9. The molecule has 0 atom stereocenters. The van der Waals surface area contributed by atoms with E-state index in [4.69, 9.17) is 14.3 Å². The number of carbonyl (C=O) groups excluding carboxylic acids is 5. The first kappa shape index (κ1) is 75.4. The largest absolute Gasteiger partial charge is 0.748 e. The highest BCUT2D eigenvalue weighted by molar-refractivity contribution is 7.85. The monoisotopic (exact) mass is 1340 g/mol. The first-order chi connectivity index (χ1) is 43.8. The molecule has 6 aromatic carbocycles. The Morgan fingerprint density at radius 3 is 1.23 bits per heavy atom. The summed E-state index contributed by atoms with van der Waals surface area (Å²) in [6.07, 6.45) is 4.47. The molecule has 23 heteroatoms. The van der Waals surface area contributed by atoms with E-state index in [2.05, 4.69) is 42.0 Å². The highest BCUT2D eigenvalue weighted by Crippen LogP contribution is 2.34. The SMILES string of the molecule is C.C.CCCC[N+](C)(C)Cc1ccc2c(c1)c(C(=O)Oc1c(C)cc(C(=O)O)cc1C)c1ccccc1[n+]2CCCS(=O)(=O)[O-].CCCC[N+](C)(C)Cc1ccc2c(c1)c(C(=O)Oc1c(C)cc(C(=O)ON3C(=O)CCC3=O)cc1C)c1ccccc1[n+]2CCCS(=O)(=O)[O-]. The number of imide groups is 1. The van der Waals surface area contributed by atoms with Gasteiger partial charge in [-0.3, -0.25) is 9.59 Å². The number of benzene rings is 6. The topological polar surface area (TPSA) is 276 Å². The Kier molecular flexibility index (Phi) is 24.9. The van der Waals surface area contributed by atoms with Crippen molar-refractivity contribution in [1.29, 1.82) is 0 Å². The van der Waals surface area contributed by atoms with Gasteiger partial charge in [-0.1, -0.05) is 65.8 Å². The number of unbranched alkanes of at least 4 members (excludes halogenated alkanes) is 2. The predicted octanol–water partition coefficient (Wildman–Crippen LogP) is 11.0. The van der Waals surface area contributed by atoms with Crippen LogP contribution < -0.4 is 18.6 Å². The van der Waals surface area contributed by atoms with Crippen LogP contribution >= 0.6 is 0 Å². The van der Waals surface area contributed by atoms with Crippen molar-refractivity contribution in [1.82, 2.24) is 5.06 Å². The van der Waals surface area contributed by atoms with E-state index in [9.17, 15) is 59.8 Å². The third kappa shape index (κ3) is 18.7. The Labute approximate surface area is 557 Å². The molecule has 21 nitrogen and oxygen atoms in total. The molecule has 1 N–H and O–H groups in total. The van der Waals surface area contributed by atoms with Crippen LogP contribution in [0.2, 0.25) is 0 Å². The van der Waals surface area contributed by atoms with Gasteiger partial charge in [-0.15, -0.1) is 5.06 Å². The first-order valence-electron chi connectivity index (χ1n) is 31.0. The minimum absolute atomic E-state index is 0. The van der Waals surface area contributed by atoms with Crippen LogP contribution in [0.5, 0.6) is 11.5 Å². The van der Waals surface area contributed by atoms with E-state index < -0.39 is 67.4 Å². The van der Waals surface area contributed by atoms with Crippen molar-refractivity contribution in [3.8, 4) is 11.5 Å². The lowest BCUT2D eigenvalue weighted by molar-refractivity contribution is -0.903. The zero-order valence-corrected chi connectivity index (χ0v) is 56.0. The number of hydroxylamine groups is 2. The minimum Gasteiger partial charge on any atom is -0.748 e. The minimum atomic E-state index is -4.42. The second-order valence-electron chi connectivity index (χ2n) is 25.3. The molecule has 95 heavy (non-hydrogen) atoms. The highest BCUT2D eigenvalue weighted by atomic mass is 32.2. The van der Waals surface area contributed by atoms with E-state index >= 15 is 0 Å². The molecule has 1 aliphatic rings. The van der Waals surface area contributed by atoms with Crippen molar-refractivity contribution in [2.75, 3.05) is 52.8 Å². The Morgan fingerprint density at radius 2 is 0.874 bits per heavy atom. The smallest absolute Gasteiger partial charge is 0.363 e. The van der Waals surface area contributed by atoms with Gasteiger partial charge in [-0.25, -0.2) is 36.0 Å². The number of carboxylic acids is 1. The van der Waals surface area contributed by atoms with E-state index in [-0.39, 0.29) is 70.5 Å². The van der Waals surface area contributed by atoms with Gasteiger partial charge in [0, 0.05) is 72.6 Å². The molecule has 0 spiro atoms. The molecule has 1 saturated heterocycles. The van der Waals surface area contributed by atoms with Gasteiger partial charge in [0.2, 0.25) is 22.1 Å². The molecule has 0 unspecified atom stereocenters. The standard InChI is InChI=1S/C37H42N3O9S.C33H38N2O7S.2CH4/c1-6-7-18-40(4,5)23-26-13-14-31-29(22-26)34(28-11-8-9-12-30(28)38(31)17-10-19-50(45,46)47)37(44)48-35-24(2)20-27(21-25(35)3)36(43)49-39-32(41)15-16-33(39)42;1-6-7-16-35(4,5)21-24-13-14-29-27(20-24)30(33(38)42-31-22(2)18-25(32(36)37)19-23(31)3)26-11-8-9-12-28(26)34(29)15-10-17-43(39,40)41;;/h8-9,11-14,20-22H,6-7,10,15-19,23H2,1-5H3;8-9,11-14,18-20H,6-7,10,15-17,21H2,1-5H3;2*1H4/q+1;;;/p+1. The quantitative estimate of drug-likeness (QED) is 0.0106. The lowest BCUT2D eigenvalue weighted by atomic mass is 9.99. The van der Waals surface area contributed by atoms with E-state index in [1.54, 1.807) is 39.8 Å². The average molecular weight is 1340 g/mol. The molecule has 1 fully saturated rings. The second kappa shape index (κ2) is 31.3. The fourth-order valence-corrected chi connectivity index (χ4v) is 13.2. The Morgan fingerprint density at radius 1 is 0.516 bits per heavy atom. The maximum absolute atomic E-state index is 14.3. The summed E-state index contributed by atoms with van der Waals surface area (Å²) in [6, 6.07) is 32.4. The van der Waals surface area contributed by atoms with Crippen LogP contribution in [0.4, 0.5) is 0 Å². The zero-order valence-electron chi connectivity index (χ0n) is 54.3. The summed E-state index contributed by atoms with van der Waals surface area (Å²) >= 11 is 0. The Bertz CT molecular complexity index is 4450. The van der Waals surface area contributed by atoms with Crippen molar-refractivity contribution in [3.63, 3.8) is 0 Å². The summed E-state index contributed by atoms with van der Waals surface area (Å²) in [4.78, 5) is 81.8. The van der Waals surface area contributed by atoms with Crippen molar-refractivity contribution >= 4 is 99.5 Å². The molecular formula is C72H89N5O16S2+2. The molecule has 2 amide bonds. The molecule has 9 rings (SSSR count). The van der Waals surface area contributed by atoms with Gasteiger partial charge in [0.25, 0.3) is 11.8 Å². The number of aromatic carboxylic acids is 1. The average Bonchev–Trinajstić information content (AvgIpc) is 1.00. The number of esters is 2. The number of quaternary nitrogens is 2. The molecular weight excluding hydrogens is 1250 g/mol. The number of fused-ring (bicyclic) bond motifs is 4. The van der Waals surface area contributed by atoms with Crippen molar-refractivity contribution in [3.05, 3.63) is 165 Å². The van der Waals surface area contributed by atoms with Crippen molar-refractivity contribution in [2.45, 2.75) is 134 Å². The van der Waals surface area contributed by atoms with Crippen LogP contribution in [-0.4, -0.2) is 134 Å². The third-order valence-electron chi connectivity index (χ3n) is 16.6. The van der Waals surface area contributed by atoms with Gasteiger partial charge in [-0.2, -0.15) is 9.13 Å². The fourth-order valence-electron chi connectivity index (χ4n) is 12.2. The molecule has 0 radical (unpaired) electrons. The van der Waals surface area contributed by atoms with Crippen LogP contribution in [0.3, 0.4) is 0 Å². The fraction of sp³-hybridized carbons (Fsp3) is 0.389. The number of carboxylic acid groups (broad SMARTS) is 1. The molecule has 508 valence electrons. The van der Waals surface area contributed by atoms with E-state index in [0.717, 1.165) is 65.4 Å². The summed E-state index contributed by atoms with van der Waals surface area (Å²) in [5.41, 5.74) is 7.63. The van der Waals surface area contributed by atoms with Gasteiger partial charge < -0.3 is 37.5 Å². The molecule has 8 aromatic rings. The van der Waals surface area contributed by atoms with Gasteiger partial charge in [0.05, 0.1) is 105 Å². The normalized spacial score (nSPS) is 12.7. The summed E-state index contributed by atoms with van der Waals surface area (Å²) in [5.74, 6) is -4.82. The number of hydrogen-bond donors (Lipinski definition) is 1. The Hall–Kier alpha value is -8.58. The van der Waals surface area contributed by atoms with Crippen molar-refractivity contribution in [2.24, 2.45) is 0 Å². The number of para-hydroxylation sites is 2. The maximum Gasteiger partial charge on any atom is 0.363 e. The summed E-state index contributed by atoms with van der Waals surface area (Å²) < 4.78 is 86.0. The molecule has 3 heterocycles. The molecule has 0 saturated carbocycles. The number of aromatic nitrogens is 2. The number of nitrogens with zero attached hydrogens (tertiary/aromatic N) is 5. The predicted molar refractivity (Wildman–Crippen MR) is 362 cm³/mol. The highest BCUT2D eigenvalue weighted by Gasteiger charge is 2.35. The molecule has 0 aliphatic carbocycles. The molecule has 2 aromatic heterocycles. The van der Waals surface area contributed by atoms with Gasteiger partial charge in [-0.05, 0) is 123 Å². The number of rotatable bonds is 25. The van der Waals surface area contributed by atoms with Crippen LogP contribution in [0.15, 0.2) is 109 Å². The number of amides is 2. The number of aryl methyl sites for hydroxylation is 6. The molecule has 1 aliphatic heterocycles. The number of pyridine rings is 2. The van der Waals surface area contributed by atoms with Crippen LogP contribution in [0, 0.1) is 27.7 Å². The van der Waals surface area contributed by atoms with Gasteiger partial charge in [0.15, 0.2) is 13.1 Å². The van der Waals surface area contributed by atoms with E-state index in [1.165, 1.54) is 24.3 Å². The van der Waals surface area contributed by atoms with E-state index in [0.29, 0.717) is 94.3 Å². The van der Waals surface area contributed by atoms with Crippen LogP contribution in [0.25, 0.3) is 43.6 Å². The Balaban J connectivity index is 0.000000298.